The van der Waals surface area contributed by atoms with Crippen LogP contribution in [0.4, 0.5) is 0 Å². The number of aryl methyl sites for hydroxylation is 1. The van der Waals surface area contributed by atoms with Crippen molar-refractivity contribution in [3.63, 3.8) is 0 Å². The smallest absolute Gasteiger partial charge is 0.152 e. The Kier molecular flexibility index (Phi) is 3.35. The summed E-state index contributed by atoms with van der Waals surface area (Å²) in [5.41, 5.74) is 0. The van der Waals surface area contributed by atoms with Crippen LogP contribution in [-0.4, -0.2) is 37.9 Å². The monoisotopic (exact) mass is 250 g/mol. The number of aliphatic hydroxyl groups excluding tert-OH is 1. The molecule has 2 atom stereocenters. The summed E-state index contributed by atoms with van der Waals surface area (Å²) in [5.74, 6) is 1.95. The zero-order chi connectivity index (χ0) is 12.5. The normalized spacial score (nSPS) is 29.2. The molecule has 1 aromatic heterocycles. The van der Waals surface area contributed by atoms with Gasteiger partial charge in [-0.05, 0) is 38.8 Å². The second-order valence-corrected chi connectivity index (χ2v) is 5.36. The van der Waals surface area contributed by atoms with Gasteiger partial charge in [-0.2, -0.15) is 0 Å². The first-order valence-electron chi connectivity index (χ1n) is 7.17. The van der Waals surface area contributed by atoms with Gasteiger partial charge in [0.2, 0.25) is 0 Å². The van der Waals surface area contributed by atoms with Crippen LogP contribution in [0.25, 0.3) is 0 Å². The molecular formula is C13H22N4O. The van der Waals surface area contributed by atoms with E-state index in [1.165, 1.54) is 12.8 Å². The zero-order valence-corrected chi connectivity index (χ0v) is 11.0. The molecule has 3 heterocycles. The molecule has 1 fully saturated rings. The van der Waals surface area contributed by atoms with Crippen molar-refractivity contribution in [1.82, 2.24) is 19.7 Å². The molecule has 0 spiro atoms. The van der Waals surface area contributed by atoms with Crippen LogP contribution in [0.15, 0.2) is 0 Å². The molecule has 0 amide bonds. The molecule has 0 aliphatic carbocycles. The van der Waals surface area contributed by atoms with Crippen LogP contribution in [-0.2, 0) is 6.42 Å². The van der Waals surface area contributed by atoms with Crippen molar-refractivity contribution in [2.45, 2.75) is 57.7 Å². The van der Waals surface area contributed by atoms with Crippen LogP contribution < -0.4 is 0 Å². The average Bonchev–Trinajstić information content (AvgIpc) is 2.84. The van der Waals surface area contributed by atoms with E-state index in [0.29, 0.717) is 6.04 Å². The van der Waals surface area contributed by atoms with Crippen LogP contribution in [0.2, 0.25) is 0 Å². The highest BCUT2D eigenvalue weighted by molar-refractivity contribution is 5.06. The number of hydrogen-bond acceptors (Lipinski definition) is 4. The Balaban J connectivity index is 1.93. The van der Waals surface area contributed by atoms with Crippen molar-refractivity contribution in [1.29, 1.82) is 0 Å². The van der Waals surface area contributed by atoms with Crippen molar-refractivity contribution >= 4 is 0 Å². The lowest BCUT2D eigenvalue weighted by Gasteiger charge is -2.35. The van der Waals surface area contributed by atoms with Gasteiger partial charge in [0.05, 0.1) is 6.04 Å². The molecule has 1 aromatic rings. The molecule has 0 saturated carbocycles. The third-order valence-corrected chi connectivity index (χ3v) is 4.27. The first-order valence-corrected chi connectivity index (χ1v) is 7.17. The van der Waals surface area contributed by atoms with E-state index in [4.69, 9.17) is 0 Å². The second-order valence-electron chi connectivity index (χ2n) is 5.36. The van der Waals surface area contributed by atoms with Crippen LogP contribution in [0.5, 0.6) is 0 Å². The minimum absolute atomic E-state index is 0.345. The van der Waals surface area contributed by atoms with Crippen molar-refractivity contribution in [3.05, 3.63) is 11.6 Å². The maximum absolute atomic E-state index is 10.2. The van der Waals surface area contributed by atoms with Crippen LogP contribution >= 0.6 is 0 Å². The average molecular weight is 250 g/mol. The third-order valence-electron chi connectivity index (χ3n) is 4.27. The molecule has 5 nitrogen and oxygen atoms in total. The summed E-state index contributed by atoms with van der Waals surface area (Å²) in [6.07, 6.45) is 6.03. The Bertz CT molecular complexity index is 417. The number of rotatable bonds is 2. The van der Waals surface area contributed by atoms with Gasteiger partial charge in [-0.3, -0.25) is 9.47 Å². The van der Waals surface area contributed by atoms with Crippen molar-refractivity contribution < 1.29 is 5.11 Å². The summed E-state index contributed by atoms with van der Waals surface area (Å²) in [6.45, 7) is 4.38. The first kappa shape index (κ1) is 12.1. The molecule has 2 aliphatic heterocycles. The fourth-order valence-corrected chi connectivity index (χ4v) is 3.29. The number of likely N-dealkylation sites (tertiary alicyclic amines) is 1. The Morgan fingerprint density at radius 1 is 1.22 bits per heavy atom. The predicted molar refractivity (Wildman–Crippen MR) is 68.1 cm³/mol. The van der Waals surface area contributed by atoms with Gasteiger partial charge >= 0.3 is 0 Å². The van der Waals surface area contributed by atoms with E-state index >= 15 is 0 Å². The second kappa shape index (κ2) is 4.97. The number of aliphatic hydroxyl groups is 1. The standard InChI is InChI=1S/C13H22N4O/c1-2-16-9-4-3-6-10(16)13-15-14-11-7-5-8-12(18)17(11)13/h10,12,18H,2-9H2,1H3. The van der Waals surface area contributed by atoms with Crippen LogP contribution in [0.3, 0.4) is 0 Å². The van der Waals surface area contributed by atoms with E-state index in [1.807, 2.05) is 4.57 Å². The minimum Gasteiger partial charge on any atom is -0.373 e. The highest BCUT2D eigenvalue weighted by atomic mass is 16.3. The maximum atomic E-state index is 10.2. The highest BCUT2D eigenvalue weighted by Crippen LogP contribution is 2.33. The lowest BCUT2D eigenvalue weighted by Crippen LogP contribution is -2.35. The lowest BCUT2D eigenvalue weighted by atomic mass is 10.0. The van der Waals surface area contributed by atoms with E-state index in [1.54, 1.807) is 0 Å². The van der Waals surface area contributed by atoms with Gasteiger partial charge in [0.25, 0.3) is 0 Å². The van der Waals surface area contributed by atoms with E-state index in [9.17, 15) is 5.11 Å². The molecule has 5 heteroatoms. The molecule has 0 bridgehead atoms. The lowest BCUT2D eigenvalue weighted by molar-refractivity contribution is 0.0630. The maximum Gasteiger partial charge on any atom is 0.152 e. The summed E-state index contributed by atoms with van der Waals surface area (Å²) in [4.78, 5) is 2.46. The molecule has 2 unspecified atom stereocenters. The molecule has 3 rings (SSSR count). The Morgan fingerprint density at radius 3 is 2.94 bits per heavy atom. The molecule has 18 heavy (non-hydrogen) atoms. The number of piperidine rings is 1. The van der Waals surface area contributed by atoms with Gasteiger partial charge in [0, 0.05) is 6.42 Å². The van der Waals surface area contributed by atoms with Crippen LogP contribution in [0, 0.1) is 0 Å². The van der Waals surface area contributed by atoms with Crippen molar-refractivity contribution in [2.24, 2.45) is 0 Å². The Morgan fingerprint density at radius 2 is 2.11 bits per heavy atom. The molecule has 0 radical (unpaired) electrons. The quantitative estimate of drug-likeness (QED) is 0.867. The molecule has 1 saturated heterocycles. The van der Waals surface area contributed by atoms with Gasteiger partial charge in [0.15, 0.2) is 5.82 Å². The first-order chi connectivity index (χ1) is 8.81. The Hall–Kier alpha value is -0.940. The number of nitrogens with zero attached hydrogens (tertiary/aromatic N) is 4. The molecule has 100 valence electrons. The number of fused-ring (bicyclic) bond motifs is 1. The summed E-state index contributed by atoms with van der Waals surface area (Å²) in [7, 11) is 0. The van der Waals surface area contributed by atoms with Gasteiger partial charge in [0.1, 0.15) is 12.1 Å². The third kappa shape index (κ3) is 1.95. The Labute approximate surface area is 108 Å². The van der Waals surface area contributed by atoms with Gasteiger partial charge < -0.3 is 5.11 Å². The van der Waals surface area contributed by atoms with E-state index in [0.717, 1.165) is 50.4 Å². The molecule has 1 N–H and O–H groups in total. The van der Waals surface area contributed by atoms with Gasteiger partial charge in [-0.1, -0.05) is 13.3 Å². The zero-order valence-electron chi connectivity index (χ0n) is 11.0. The van der Waals surface area contributed by atoms with Gasteiger partial charge in [-0.15, -0.1) is 10.2 Å². The summed E-state index contributed by atoms with van der Waals surface area (Å²) < 4.78 is 1.99. The van der Waals surface area contributed by atoms with E-state index in [2.05, 4.69) is 22.0 Å². The van der Waals surface area contributed by atoms with Crippen molar-refractivity contribution in [3.8, 4) is 0 Å². The topological polar surface area (TPSA) is 54.2 Å². The van der Waals surface area contributed by atoms with E-state index in [-0.39, 0.29) is 0 Å². The fourth-order valence-electron chi connectivity index (χ4n) is 3.29. The summed E-state index contributed by atoms with van der Waals surface area (Å²) in [6, 6.07) is 0.345. The number of aromatic nitrogens is 3. The fraction of sp³-hybridized carbons (Fsp3) is 0.846. The minimum atomic E-state index is -0.417. The van der Waals surface area contributed by atoms with Gasteiger partial charge in [-0.25, -0.2) is 0 Å². The summed E-state index contributed by atoms with van der Waals surface area (Å²) >= 11 is 0. The van der Waals surface area contributed by atoms with Crippen LogP contribution in [0.1, 0.15) is 62.9 Å². The largest absolute Gasteiger partial charge is 0.373 e. The van der Waals surface area contributed by atoms with E-state index < -0.39 is 6.23 Å². The molecule has 2 aliphatic rings. The molecular weight excluding hydrogens is 228 g/mol. The highest BCUT2D eigenvalue weighted by Gasteiger charge is 2.31. The summed E-state index contributed by atoms with van der Waals surface area (Å²) in [5, 5.41) is 18.8. The molecule has 0 aromatic carbocycles. The number of hydrogen-bond donors (Lipinski definition) is 1. The predicted octanol–water partition coefficient (Wildman–Crippen LogP) is 1.65. The van der Waals surface area contributed by atoms with Crippen molar-refractivity contribution in [2.75, 3.05) is 13.1 Å². The SMILES string of the molecule is CCN1CCCCC1c1nnc2n1C(O)CCC2.